The average Bonchev–Trinajstić information content (AvgIpc) is 2.43. The van der Waals surface area contributed by atoms with Crippen LogP contribution in [0.1, 0.15) is 47.0 Å². The number of aliphatic imine (C=N–C) groups is 1. The molecule has 1 aliphatic heterocycles. The highest BCUT2D eigenvalue weighted by atomic mass is 35.5. The first-order valence-corrected chi connectivity index (χ1v) is 8.27. The van der Waals surface area contributed by atoms with Crippen LogP contribution in [0.5, 0.6) is 0 Å². The van der Waals surface area contributed by atoms with E-state index in [2.05, 4.69) is 17.6 Å². The number of piperidine rings is 1. The van der Waals surface area contributed by atoms with Crippen molar-refractivity contribution in [1.82, 2.24) is 4.90 Å². The first-order valence-electron chi connectivity index (χ1n) is 7.89. The number of nitrogens with zero attached hydrogens (tertiary/aromatic N) is 2. The summed E-state index contributed by atoms with van der Waals surface area (Å²) < 4.78 is 5.45. The van der Waals surface area contributed by atoms with Gasteiger partial charge in [0.15, 0.2) is 0 Å². The minimum Gasteiger partial charge on any atom is -0.443 e. The Morgan fingerprint density at radius 2 is 2.21 bits per heavy atom. The smallest absolute Gasteiger partial charge is 0.414 e. The third-order valence-electron chi connectivity index (χ3n) is 3.31. The molecule has 1 aliphatic rings. The van der Waals surface area contributed by atoms with E-state index in [1.807, 2.05) is 27.7 Å². The highest BCUT2D eigenvalue weighted by Gasteiger charge is 2.31. The van der Waals surface area contributed by atoms with Crippen molar-refractivity contribution < 1.29 is 9.53 Å². The topological polar surface area (TPSA) is 65.8 Å². The van der Waals surface area contributed by atoms with Crippen LogP contribution >= 0.6 is 11.6 Å². The fourth-order valence-corrected chi connectivity index (χ4v) is 2.48. The minimum absolute atomic E-state index is 0.0107. The lowest BCUT2D eigenvalue weighted by atomic mass is 9.95. The fourth-order valence-electron chi connectivity index (χ4n) is 2.42. The maximum absolute atomic E-state index is 12.3. The summed E-state index contributed by atoms with van der Waals surface area (Å²) in [5.74, 6) is 0. The Kier molecular flexibility index (Phi) is 7.42. The lowest BCUT2D eigenvalue weighted by Gasteiger charge is -2.37. The number of ether oxygens (including phenoxy) is 1. The Bertz CT molecular complexity index is 586. The molecule has 1 amide bonds. The van der Waals surface area contributed by atoms with Crippen LogP contribution in [0.3, 0.4) is 0 Å². The Balaban J connectivity index is 2.65. The van der Waals surface area contributed by atoms with Crippen LogP contribution in [-0.4, -0.2) is 35.1 Å². The molecule has 1 N–H and O–H groups in total. The SMILES string of the molecule is C=C1C/C(=C/C/C=N\C=C(\Cl)C=N)CC(C)N1C(=O)OC(C)(C)C. The number of rotatable bonds is 4. The Morgan fingerprint density at radius 1 is 1.54 bits per heavy atom. The number of nitrogens with one attached hydrogen (secondary N) is 1. The lowest BCUT2D eigenvalue weighted by Crippen LogP contribution is -2.43. The first kappa shape index (κ1) is 20.2. The second kappa shape index (κ2) is 8.83. The molecule has 0 aromatic carbocycles. The van der Waals surface area contributed by atoms with E-state index in [0.717, 1.165) is 18.3 Å². The van der Waals surface area contributed by atoms with Crippen molar-refractivity contribution in [2.24, 2.45) is 4.99 Å². The van der Waals surface area contributed by atoms with Crippen molar-refractivity contribution in [2.75, 3.05) is 0 Å². The number of carbonyl (C=O) groups excluding carboxylic acids is 1. The van der Waals surface area contributed by atoms with Crippen LogP contribution < -0.4 is 0 Å². The zero-order valence-electron chi connectivity index (χ0n) is 14.8. The molecule has 6 heteroatoms. The molecule has 0 aliphatic carbocycles. The van der Waals surface area contributed by atoms with E-state index in [1.54, 1.807) is 11.1 Å². The normalized spacial score (nSPS) is 21.5. The van der Waals surface area contributed by atoms with Gasteiger partial charge in [-0.3, -0.25) is 9.89 Å². The van der Waals surface area contributed by atoms with E-state index in [0.29, 0.717) is 12.8 Å². The number of carbonyl (C=O) groups is 1. The molecule has 1 heterocycles. The summed E-state index contributed by atoms with van der Waals surface area (Å²) in [5, 5.41) is 7.22. The quantitative estimate of drug-likeness (QED) is 0.569. The van der Waals surface area contributed by atoms with Crippen molar-refractivity contribution in [2.45, 2.75) is 58.6 Å². The summed E-state index contributed by atoms with van der Waals surface area (Å²) >= 11 is 5.65. The van der Waals surface area contributed by atoms with Crippen LogP contribution in [0.25, 0.3) is 0 Å². The van der Waals surface area contributed by atoms with Gasteiger partial charge in [0.2, 0.25) is 0 Å². The molecule has 24 heavy (non-hydrogen) atoms. The van der Waals surface area contributed by atoms with Crippen molar-refractivity contribution >= 4 is 30.1 Å². The highest BCUT2D eigenvalue weighted by Crippen LogP contribution is 2.30. The van der Waals surface area contributed by atoms with Gasteiger partial charge in [0.05, 0.1) is 5.03 Å². The molecule has 1 fully saturated rings. The predicted octanol–water partition coefficient (Wildman–Crippen LogP) is 5.04. The van der Waals surface area contributed by atoms with E-state index in [9.17, 15) is 4.79 Å². The van der Waals surface area contributed by atoms with E-state index < -0.39 is 5.60 Å². The largest absolute Gasteiger partial charge is 0.443 e. The number of allylic oxidation sites excluding steroid dienone is 3. The van der Waals surface area contributed by atoms with Gasteiger partial charge in [0.1, 0.15) is 5.60 Å². The molecule has 1 rings (SSSR count). The molecule has 1 atom stereocenters. The summed E-state index contributed by atoms with van der Waals surface area (Å²) in [7, 11) is 0. The maximum Gasteiger partial charge on any atom is 0.414 e. The van der Waals surface area contributed by atoms with E-state index >= 15 is 0 Å². The van der Waals surface area contributed by atoms with Gasteiger partial charge >= 0.3 is 6.09 Å². The van der Waals surface area contributed by atoms with Crippen LogP contribution in [-0.2, 0) is 4.74 Å². The monoisotopic (exact) mass is 351 g/mol. The second-order valence-corrected chi connectivity index (χ2v) is 7.17. The van der Waals surface area contributed by atoms with Crippen LogP contribution in [0.2, 0.25) is 0 Å². The van der Waals surface area contributed by atoms with Gasteiger partial charge in [-0.2, -0.15) is 0 Å². The van der Waals surface area contributed by atoms with Crippen molar-refractivity contribution in [1.29, 1.82) is 5.41 Å². The molecule has 0 aromatic rings. The number of halogens is 1. The maximum atomic E-state index is 12.3. The van der Waals surface area contributed by atoms with Crippen molar-refractivity contribution in [3.05, 3.63) is 35.2 Å². The van der Waals surface area contributed by atoms with Gasteiger partial charge in [-0.25, -0.2) is 4.79 Å². The molecule has 0 bridgehead atoms. The van der Waals surface area contributed by atoms with E-state index in [-0.39, 0.29) is 17.2 Å². The van der Waals surface area contributed by atoms with Gasteiger partial charge in [-0.05, 0) is 34.1 Å². The number of likely N-dealkylation sites (tertiary alicyclic amines) is 1. The van der Waals surface area contributed by atoms with Gasteiger partial charge in [0.25, 0.3) is 0 Å². The molecular weight excluding hydrogens is 326 g/mol. The van der Waals surface area contributed by atoms with E-state index in [1.165, 1.54) is 11.8 Å². The molecule has 0 aromatic heterocycles. The lowest BCUT2D eigenvalue weighted by molar-refractivity contribution is 0.0233. The van der Waals surface area contributed by atoms with Crippen LogP contribution in [0, 0.1) is 5.41 Å². The van der Waals surface area contributed by atoms with Gasteiger partial charge in [0, 0.05) is 43.2 Å². The first-order chi connectivity index (χ1) is 11.1. The summed E-state index contributed by atoms with van der Waals surface area (Å²) in [5.41, 5.74) is 1.45. The summed E-state index contributed by atoms with van der Waals surface area (Å²) in [4.78, 5) is 18.0. The molecule has 0 spiro atoms. The Labute approximate surface area is 149 Å². The zero-order valence-corrected chi connectivity index (χ0v) is 15.6. The number of amides is 1. The van der Waals surface area contributed by atoms with Gasteiger partial charge < -0.3 is 10.1 Å². The summed E-state index contributed by atoms with van der Waals surface area (Å²) in [6, 6.07) is 0.0107. The standard InChI is InChI=1S/C18H26ClN3O2/c1-13-9-15(7-6-8-21-12-16(19)11-20)10-14(2)22(13)17(23)24-18(3,4)5/h7-8,11-12,14,20H,1,6,9-10H2,2-5H3/b15-7-,16-12+,20-11?,21-8-. The molecule has 5 nitrogen and oxygen atoms in total. The second-order valence-electron chi connectivity index (χ2n) is 6.73. The van der Waals surface area contributed by atoms with Crippen molar-refractivity contribution in [3.63, 3.8) is 0 Å². The van der Waals surface area contributed by atoms with Crippen LogP contribution in [0.15, 0.2) is 40.1 Å². The predicted molar refractivity (Wildman–Crippen MR) is 99.8 cm³/mol. The van der Waals surface area contributed by atoms with Gasteiger partial charge in [-0.1, -0.05) is 29.8 Å². The molecule has 0 radical (unpaired) electrons. The number of hydrogen-bond acceptors (Lipinski definition) is 4. The molecule has 1 saturated heterocycles. The summed E-state index contributed by atoms with van der Waals surface area (Å²) in [6.07, 6.45) is 8.04. The fraction of sp³-hybridized carbons (Fsp3) is 0.500. The third kappa shape index (κ3) is 6.71. The molecule has 132 valence electrons. The minimum atomic E-state index is -0.519. The zero-order chi connectivity index (χ0) is 18.3. The Hall–Kier alpha value is -1.88. The Morgan fingerprint density at radius 3 is 2.75 bits per heavy atom. The summed E-state index contributed by atoms with van der Waals surface area (Å²) in [6.45, 7) is 11.6. The third-order valence-corrected chi connectivity index (χ3v) is 3.52. The highest BCUT2D eigenvalue weighted by molar-refractivity contribution is 6.38. The molecule has 1 unspecified atom stereocenters. The van der Waals surface area contributed by atoms with Crippen LogP contribution in [0.4, 0.5) is 4.79 Å². The van der Waals surface area contributed by atoms with Crippen molar-refractivity contribution in [3.8, 4) is 0 Å². The number of hydrogen-bond donors (Lipinski definition) is 1. The average molecular weight is 352 g/mol. The molecule has 0 saturated carbocycles. The van der Waals surface area contributed by atoms with E-state index in [4.69, 9.17) is 21.7 Å². The molecular formula is C18H26ClN3O2. The van der Waals surface area contributed by atoms with Gasteiger partial charge in [-0.15, -0.1) is 0 Å².